The van der Waals surface area contributed by atoms with Gasteiger partial charge < -0.3 is 15.2 Å². The van der Waals surface area contributed by atoms with Crippen molar-refractivity contribution in [1.29, 1.82) is 0 Å². The largest absolute Gasteiger partial charge is 0.480 e. The maximum atomic E-state index is 11.3. The zero-order valence-corrected chi connectivity index (χ0v) is 8.17. The third kappa shape index (κ3) is 3.79. The number of carboxylic acid groups (broad SMARTS) is 1. The van der Waals surface area contributed by atoms with E-state index in [0.717, 1.165) is 0 Å². The SMILES string of the molecule is O=C(O)CNC(=O)OC(=O)c1ccccc1. The second-order valence-corrected chi connectivity index (χ2v) is 2.79. The van der Waals surface area contributed by atoms with Crippen molar-refractivity contribution in [2.24, 2.45) is 0 Å². The van der Waals surface area contributed by atoms with Crippen LogP contribution in [0.2, 0.25) is 0 Å². The predicted octanol–water partition coefficient (Wildman–Crippen LogP) is 0.638. The number of rotatable bonds is 3. The van der Waals surface area contributed by atoms with Crippen molar-refractivity contribution in [3.63, 3.8) is 0 Å². The van der Waals surface area contributed by atoms with E-state index in [4.69, 9.17) is 5.11 Å². The van der Waals surface area contributed by atoms with Gasteiger partial charge in [-0.25, -0.2) is 9.59 Å². The molecule has 0 atom stereocenters. The van der Waals surface area contributed by atoms with Gasteiger partial charge in [-0.05, 0) is 12.1 Å². The lowest BCUT2D eigenvalue weighted by atomic mass is 10.2. The molecule has 0 fully saturated rings. The van der Waals surface area contributed by atoms with Crippen LogP contribution in [0.5, 0.6) is 0 Å². The van der Waals surface area contributed by atoms with E-state index in [9.17, 15) is 14.4 Å². The van der Waals surface area contributed by atoms with Crippen molar-refractivity contribution in [1.82, 2.24) is 5.32 Å². The molecule has 0 radical (unpaired) electrons. The highest BCUT2D eigenvalue weighted by atomic mass is 16.6. The van der Waals surface area contributed by atoms with Gasteiger partial charge in [0.15, 0.2) is 0 Å². The van der Waals surface area contributed by atoms with Crippen LogP contribution in [0.3, 0.4) is 0 Å². The lowest BCUT2D eigenvalue weighted by Gasteiger charge is -2.02. The summed E-state index contributed by atoms with van der Waals surface area (Å²) in [5.74, 6) is -2.05. The number of ether oxygens (including phenoxy) is 1. The van der Waals surface area contributed by atoms with Gasteiger partial charge in [-0.2, -0.15) is 0 Å². The highest BCUT2D eigenvalue weighted by Gasteiger charge is 2.12. The van der Waals surface area contributed by atoms with Gasteiger partial charge in [0.2, 0.25) is 0 Å². The summed E-state index contributed by atoms with van der Waals surface area (Å²) < 4.78 is 4.33. The molecule has 0 aliphatic heterocycles. The van der Waals surface area contributed by atoms with Crippen LogP contribution in [0.4, 0.5) is 4.79 Å². The fourth-order valence-corrected chi connectivity index (χ4v) is 0.901. The molecule has 1 aromatic rings. The summed E-state index contributed by atoms with van der Waals surface area (Å²) in [5.41, 5.74) is 0.216. The molecule has 2 N–H and O–H groups in total. The Hall–Kier alpha value is -2.37. The first-order valence-corrected chi connectivity index (χ1v) is 4.36. The number of hydrogen-bond acceptors (Lipinski definition) is 4. The number of alkyl carbamates (subject to hydrolysis) is 1. The van der Waals surface area contributed by atoms with Crippen LogP contribution < -0.4 is 5.32 Å². The Kier molecular flexibility index (Phi) is 4.02. The molecule has 1 aromatic carbocycles. The maximum Gasteiger partial charge on any atom is 0.415 e. The van der Waals surface area contributed by atoms with Gasteiger partial charge >= 0.3 is 18.0 Å². The summed E-state index contributed by atoms with van der Waals surface area (Å²) in [5, 5.41) is 10.2. The fourth-order valence-electron chi connectivity index (χ4n) is 0.901. The molecule has 6 nitrogen and oxygen atoms in total. The Morgan fingerprint density at radius 2 is 1.81 bits per heavy atom. The number of carbonyl (C=O) groups excluding carboxylic acids is 2. The Bertz CT molecular complexity index is 401. The third-order valence-electron chi connectivity index (χ3n) is 1.58. The number of esters is 1. The van der Waals surface area contributed by atoms with Gasteiger partial charge in [-0.15, -0.1) is 0 Å². The van der Waals surface area contributed by atoms with Crippen LogP contribution >= 0.6 is 0 Å². The molecule has 16 heavy (non-hydrogen) atoms. The second kappa shape index (κ2) is 5.50. The molecule has 84 valence electrons. The van der Waals surface area contributed by atoms with Gasteiger partial charge in [0.05, 0.1) is 5.56 Å². The molecule has 0 aliphatic rings. The van der Waals surface area contributed by atoms with Crippen LogP contribution in [-0.4, -0.2) is 29.7 Å². The first-order chi connectivity index (χ1) is 7.59. The summed E-state index contributed by atoms with van der Waals surface area (Å²) in [6.07, 6.45) is -1.09. The molecule has 0 aromatic heterocycles. The summed E-state index contributed by atoms with van der Waals surface area (Å²) in [6, 6.07) is 7.90. The van der Waals surface area contributed by atoms with Crippen LogP contribution in [-0.2, 0) is 9.53 Å². The highest BCUT2D eigenvalue weighted by Crippen LogP contribution is 2.00. The minimum absolute atomic E-state index is 0.216. The Morgan fingerprint density at radius 1 is 1.19 bits per heavy atom. The summed E-state index contributed by atoms with van der Waals surface area (Å²) >= 11 is 0. The number of carboxylic acids is 1. The average Bonchev–Trinajstić information content (AvgIpc) is 2.27. The van der Waals surface area contributed by atoms with Crippen molar-refractivity contribution in [2.75, 3.05) is 6.54 Å². The van der Waals surface area contributed by atoms with Gasteiger partial charge in [0.1, 0.15) is 6.54 Å². The Labute approximate surface area is 90.8 Å². The van der Waals surface area contributed by atoms with E-state index in [1.165, 1.54) is 12.1 Å². The molecule has 1 rings (SSSR count). The normalized spacial score (nSPS) is 9.25. The molecular weight excluding hydrogens is 214 g/mol. The number of nitrogens with one attached hydrogen (secondary N) is 1. The van der Waals surface area contributed by atoms with Crippen molar-refractivity contribution in [3.05, 3.63) is 35.9 Å². The highest BCUT2D eigenvalue weighted by molar-refractivity contribution is 5.96. The molecule has 0 saturated carbocycles. The smallest absolute Gasteiger partial charge is 0.415 e. The molecule has 0 bridgehead atoms. The minimum atomic E-state index is -1.22. The van der Waals surface area contributed by atoms with E-state index in [1.54, 1.807) is 18.2 Å². The Morgan fingerprint density at radius 3 is 2.38 bits per heavy atom. The van der Waals surface area contributed by atoms with E-state index in [0.29, 0.717) is 0 Å². The zero-order chi connectivity index (χ0) is 12.0. The van der Waals surface area contributed by atoms with E-state index in [-0.39, 0.29) is 5.56 Å². The van der Waals surface area contributed by atoms with E-state index in [2.05, 4.69) is 4.74 Å². The molecule has 0 spiro atoms. The van der Waals surface area contributed by atoms with Gasteiger partial charge in [0.25, 0.3) is 0 Å². The van der Waals surface area contributed by atoms with E-state index in [1.807, 2.05) is 5.32 Å². The van der Waals surface area contributed by atoms with Crippen LogP contribution in [0.25, 0.3) is 0 Å². The molecule has 0 aliphatic carbocycles. The topological polar surface area (TPSA) is 92.7 Å². The van der Waals surface area contributed by atoms with Crippen LogP contribution in [0.15, 0.2) is 30.3 Å². The number of benzene rings is 1. The average molecular weight is 223 g/mol. The van der Waals surface area contributed by atoms with Gasteiger partial charge in [-0.3, -0.25) is 4.79 Å². The number of carbonyl (C=O) groups is 3. The van der Waals surface area contributed by atoms with Crippen molar-refractivity contribution in [3.8, 4) is 0 Å². The quantitative estimate of drug-likeness (QED) is 0.579. The predicted molar refractivity (Wildman–Crippen MR) is 52.9 cm³/mol. The first-order valence-electron chi connectivity index (χ1n) is 4.36. The van der Waals surface area contributed by atoms with Gasteiger partial charge in [-0.1, -0.05) is 18.2 Å². The second-order valence-electron chi connectivity index (χ2n) is 2.79. The molecule has 1 amide bonds. The van der Waals surface area contributed by atoms with Crippen molar-refractivity contribution < 1.29 is 24.2 Å². The zero-order valence-electron chi connectivity index (χ0n) is 8.17. The maximum absolute atomic E-state index is 11.3. The number of amides is 1. The number of hydrogen-bond donors (Lipinski definition) is 2. The van der Waals surface area contributed by atoms with E-state index < -0.39 is 24.6 Å². The molecule has 0 saturated heterocycles. The summed E-state index contributed by atoms with van der Waals surface area (Å²) in [7, 11) is 0. The molecule has 6 heteroatoms. The summed E-state index contributed by atoms with van der Waals surface area (Å²) in [6.45, 7) is -0.596. The van der Waals surface area contributed by atoms with Gasteiger partial charge in [0, 0.05) is 0 Å². The molecular formula is C10H9NO5. The monoisotopic (exact) mass is 223 g/mol. The van der Waals surface area contributed by atoms with E-state index >= 15 is 0 Å². The number of aliphatic carboxylic acids is 1. The standard InChI is InChI=1S/C10H9NO5/c12-8(13)6-11-10(15)16-9(14)7-4-2-1-3-5-7/h1-5H,6H2,(H,11,15)(H,12,13). The summed E-state index contributed by atoms with van der Waals surface area (Å²) in [4.78, 5) is 32.3. The van der Waals surface area contributed by atoms with Crippen LogP contribution in [0.1, 0.15) is 10.4 Å². The molecule has 0 unspecified atom stereocenters. The fraction of sp³-hybridized carbons (Fsp3) is 0.100. The minimum Gasteiger partial charge on any atom is -0.480 e. The first kappa shape index (κ1) is 11.7. The lowest BCUT2D eigenvalue weighted by Crippen LogP contribution is -2.31. The van der Waals surface area contributed by atoms with Crippen molar-refractivity contribution >= 4 is 18.0 Å². The molecule has 0 heterocycles. The van der Waals surface area contributed by atoms with Crippen LogP contribution in [0, 0.1) is 0 Å². The lowest BCUT2D eigenvalue weighted by molar-refractivity contribution is -0.135. The Balaban J connectivity index is 2.46. The van der Waals surface area contributed by atoms with Crippen molar-refractivity contribution in [2.45, 2.75) is 0 Å². The third-order valence-corrected chi connectivity index (χ3v) is 1.58.